The minimum atomic E-state index is 0.153. The molecule has 1 saturated heterocycles. The highest BCUT2D eigenvalue weighted by molar-refractivity contribution is 5.76. The molecule has 8 nitrogen and oxygen atoms in total. The monoisotopic (exact) mass is 448 g/mol. The van der Waals surface area contributed by atoms with Crippen molar-refractivity contribution in [3.8, 4) is 16.9 Å². The first kappa shape index (κ1) is 22.8. The van der Waals surface area contributed by atoms with Crippen LogP contribution in [0.2, 0.25) is 0 Å². The van der Waals surface area contributed by atoms with Crippen LogP contribution in [-0.4, -0.2) is 64.6 Å². The van der Waals surface area contributed by atoms with Gasteiger partial charge in [-0.3, -0.25) is 4.79 Å². The van der Waals surface area contributed by atoms with Crippen LogP contribution < -0.4 is 9.64 Å². The molecular formula is C25H32N6O2. The lowest BCUT2D eigenvalue weighted by Crippen LogP contribution is -2.39. The summed E-state index contributed by atoms with van der Waals surface area (Å²) in [6, 6.07) is 7.98. The van der Waals surface area contributed by atoms with Crippen LogP contribution in [0.3, 0.4) is 0 Å². The molecule has 3 aromatic rings. The summed E-state index contributed by atoms with van der Waals surface area (Å²) in [4.78, 5) is 30.7. The number of methoxy groups -OCH3 is 1. The zero-order valence-corrected chi connectivity index (χ0v) is 19.9. The SMILES string of the molecule is COc1cccc(-c2cnc(N(C)C)nc2C2CCCN(C(=O)CCn3ccnc3C)C2)c1. The molecule has 0 spiro atoms. The van der Waals surface area contributed by atoms with E-state index in [-0.39, 0.29) is 11.8 Å². The molecule has 0 N–H and O–H groups in total. The van der Waals surface area contributed by atoms with Crippen LogP contribution >= 0.6 is 0 Å². The molecule has 1 amide bonds. The first-order chi connectivity index (χ1) is 16.0. The summed E-state index contributed by atoms with van der Waals surface area (Å²) in [5, 5.41) is 0. The summed E-state index contributed by atoms with van der Waals surface area (Å²) < 4.78 is 7.45. The fourth-order valence-corrected chi connectivity index (χ4v) is 4.37. The number of rotatable bonds is 7. The molecule has 0 saturated carbocycles. The maximum atomic E-state index is 13.0. The Labute approximate surface area is 195 Å². The molecule has 1 fully saturated rings. The lowest BCUT2D eigenvalue weighted by atomic mass is 9.89. The van der Waals surface area contributed by atoms with Crippen LogP contribution in [-0.2, 0) is 11.3 Å². The minimum Gasteiger partial charge on any atom is -0.497 e. The van der Waals surface area contributed by atoms with Gasteiger partial charge in [-0.2, -0.15) is 0 Å². The molecule has 0 bridgehead atoms. The van der Waals surface area contributed by atoms with Crippen LogP contribution in [0.15, 0.2) is 42.9 Å². The summed E-state index contributed by atoms with van der Waals surface area (Å²) in [6.45, 7) is 4.07. The normalized spacial score (nSPS) is 16.0. The summed E-state index contributed by atoms with van der Waals surface area (Å²) in [6.07, 6.45) is 8.01. The van der Waals surface area contributed by atoms with E-state index in [9.17, 15) is 4.79 Å². The number of likely N-dealkylation sites (tertiary alicyclic amines) is 1. The molecular weight excluding hydrogens is 416 g/mol. The predicted molar refractivity (Wildman–Crippen MR) is 128 cm³/mol. The van der Waals surface area contributed by atoms with Gasteiger partial charge in [0, 0.05) is 70.2 Å². The Morgan fingerprint density at radius 3 is 2.85 bits per heavy atom. The Hall–Kier alpha value is -3.42. The number of piperidine rings is 1. The molecule has 1 atom stereocenters. The van der Waals surface area contributed by atoms with Crippen molar-refractivity contribution in [2.24, 2.45) is 0 Å². The third-order valence-electron chi connectivity index (χ3n) is 6.24. The van der Waals surface area contributed by atoms with Crippen molar-refractivity contribution in [2.45, 2.75) is 38.6 Å². The van der Waals surface area contributed by atoms with E-state index in [1.165, 1.54) is 0 Å². The Morgan fingerprint density at radius 1 is 1.27 bits per heavy atom. The summed E-state index contributed by atoms with van der Waals surface area (Å²) in [7, 11) is 5.56. The fourth-order valence-electron chi connectivity index (χ4n) is 4.37. The largest absolute Gasteiger partial charge is 0.497 e. The van der Waals surface area contributed by atoms with Gasteiger partial charge in [-0.05, 0) is 37.5 Å². The van der Waals surface area contributed by atoms with Gasteiger partial charge < -0.3 is 19.1 Å². The van der Waals surface area contributed by atoms with E-state index >= 15 is 0 Å². The van der Waals surface area contributed by atoms with Gasteiger partial charge in [0.15, 0.2) is 0 Å². The number of ether oxygens (including phenoxy) is 1. The minimum absolute atomic E-state index is 0.153. The van der Waals surface area contributed by atoms with Gasteiger partial charge in [-0.25, -0.2) is 15.0 Å². The van der Waals surface area contributed by atoms with Crippen molar-refractivity contribution in [2.75, 3.05) is 39.2 Å². The molecule has 1 aromatic carbocycles. The van der Waals surface area contributed by atoms with Crippen molar-refractivity contribution >= 4 is 11.9 Å². The topological polar surface area (TPSA) is 76.4 Å². The maximum absolute atomic E-state index is 13.0. The molecule has 0 aliphatic carbocycles. The van der Waals surface area contributed by atoms with Crippen LogP contribution in [0.4, 0.5) is 5.95 Å². The van der Waals surface area contributed by atoms with Crippen molar-refractivity contribution in [3.63, 3.8) is 0 Å². The standard InChI is InChI=1S/C25H32N6O2/c1-18-26-11-14-30(18)13-10-23(32)31-12-6-8-20(17-31)24-22(16-27-25(28-24)29(2)3)19-7-5-9-21(15-19)33-4/h5,7,9,11,14-16,20H,6,8,10,12-13,17H2,1-4H3. The number of imidazole rings is 1. The van der Waals surface area contributed by atoms with Crippen LogP contribution in [0.5, 0.6) is 5.75 Å². The zero-order valence-electron chi connectivity index (χ0n) is 19.9. The summed E-state index contributed by atoms with van der Waals surface area (Å²) >= 11 is 0. The number of benzene rings is 1. The second kappa shape index (κ2) is 10.0. The Morgan fingerprint density at radius 2 is 2.12 bits per heavy atom. The molecule has 4 rings (SSSR count). The lowest BCUT2D eigenvalue weighted by Gasteiger charge is -2.33. The van der Waals surface area contributed by atoms with Crippen molar-refractivity contribution < 1.29 is 9.53 Å². The highest BCUT2D eigenvalue weighted by Gasteiger charge is 2.28. The molecule has 1 unspecified atom stereocenters. The smallest absolute Gasteiger partial charge is 0.225 e. The van der Waals surface area contributed by atoms with Gasteiger partial charge in [-0.15, -0.1) is 0 Å². The van der Waals surface area contributed by atoms with E-state index in [0.717, 1.165) is 47.8 Å². The molecule has 2 aromatic heterocycles. The van der Waals surface area contributed by atoms with Crippen molar-refractivity contribution in [3.05, 3.63) is 54.4 Å². The number of aryl methyl sites for hydroxylation is 2. The Kier molecular flexibility index (Phi) is 6.91. The highest BCUT2D eigenvalue weighted by Crippen LogP contribution is 2.35. The number of hydrogen-bond donors (Lipinski definition) is 0. The van der Waals surface area contributed by atoms with E-state index in [2.05, 4.69) is 16.0 Å². The van der Waals surface area contributed by atoms with Gasteiger partial charge in [0.05, 0.1) is 12.8 Å². The number of hydrogen-bond acceptors (Lipinski definition) is 6. The summed E-state index contributed by atoms with van der Waals surface area (Å²) in [5.41, 5.74) is 3.01. The van der Waals surface area contributed by atoms with Crippen molar-refractivity contribution in [1.82, 2.24) is 24.4 Å². The van der Waals surface area contributed by atoms with Crippen LogP contribution in [0.25, 0.3) is 11.1 Å². The van der Waals surface area contributed by atoms with E-state index in [0.29, 0.717) is 25.5 Å². The van der Waals surface area contributed by atoms with Gasteiger partial charge in [0.25, 0.3) is 0 Å². The quantitative estimate of drug-likeness (QED) is 0.551. The number of nitrogens with zero attached hydrogens (tertiary/aromatic N) is 6. The molecule has 1 aliphatic heterocycles. The van der Waals surface area contributed by atoms with Crippen LogP contribution in [0, 0.1) is 6.92 Å². The molecule has 1 aliphatic rings. The van der Waals surface area contributed by atoms with E-state index < -0.39 is 0 Å². The maximum Gasteiger partial charge on any atom is 0.225 e. The van der Waals surface area contributed by atoms with E-state index in [1.54, 1.807) is 13.3 Å². The van der Waals surface area contributed by atoms with Gasteiger partial charge >= 0.3 is 0 Å². The second-order valence-corrected chi connectivity index (χ2v) is 8.69. The lowest BCUT2D eigenvalue weighted by molar-refractivity contribution is -0.132. The first-order valence-electron chi connectivity index (χ1n) is 11.4. The summed E-state index contributed by atoms with van der Waals surface area (Å²) in [5.74, 6) is 2.73. The molecule has 8 heteroatoms. The third kappa shape index (κ3) is 5.16. The Bertz CT molecular complexity index is 1110. The van der Waals surface area contributed by atoms with Gasteiger partial charge in [-0.1, -0.05) is 12.1 Å². The highest BCUT2D eigenvalue weighted by atomic mass is 16.5. The first-order valence-corrected chi connectivity index (χ1v) is 11.4. The number of carbonyl (C=O) groups excluding carboxylic acids is 1. The van der Waals surface area contributed by atoms with Gasteiger partial charge in [0.1, 0.15) is 11.6 Å². The molecule has 33 heavy (non-hydrogen) atoms. The molecule has 0 radical (unpaired) electrons. The van der Waals surface area contributed by atoms with E-state index in [4.69, 9.17) is 9.72 Å². The third-order valence-corrected chi connectivity index (χ3v) is 6.24. The van der Waals surface area contributed by atoms with E-state index in [1.807, 2.05) is 66.0 Å². The Balaban J connectivity index is 1.58. The van der Waals surface area contributed by atoms with Crippen LogP contribution in [0.1, 0.15) is 36.7 Å². The second-order valence-electron chi connectivity index (χ2n) is 8.69. The fraction of sp³-hybridized carbons (Fsp3) is 0.440. The average molecular weight is 449 g/mol. The number of anilines is 1. The average Bonchev–Trinajstić information content (AvgIpc) is 3.26. The number of aromatic nitrogens is 4. The van der Waals surface area contributed by atoms with Gasteiger partial charge in [0.2, 0.25) is 11.9 Å². The predicted octanol–water partition coefficient (Wildman–Crippen LogP) is 3.52. The van der Waals surface area contributed by atoms with Crippen molar-refractivity contribution in [1.29, 1.82) is 0 Å². The number of amides is 1. The molecule has 174 valence electrons. The zero-order chi connectivity index (χ0) is 23.4. The number of carbonyl (C=O) groups is 1. The molecule has 3 heterocycles.